The lowest BCUT2D eigenvalue weighted by Gasteiger charge is -2.35. The molecule has 2 aliphatic rings. The molecule has 2 fully saturated rings. The zero-order valence-corrected chi connectivity index (χ0v) is 36.5. The lowest BCUT2D eigenvalue weighted by atomic mass is 10.1. The van der Waals surface area contributed by atoms with E-state index in [1.54, 1.807) is 38.5 Å². The molecule has 0 aliphatic carbocycles. The summed E-state index contributed by atoms with van der Waals surface area (Å²) in [5.41, 5.74) is 4.57. The van der Waals surface area contributed by atoms with Crippen molar-refractivity contribution >= 4 is 49.1 Å². The van der Waals surface area contributed by atoms with E-state index >= 15 is 0 Å². The molecular weight excluding hydrogens is 848 g/mol. The molecule has 0 amide bonds. The van der Waals surface area contributed by atoms with E-state index in [2.05, 4.69) is 68.0 Å². The fraction of sp³-hybridized carbons (Fsp3) is 0.364. The number of hydrogen-bond donors (Lipinski definition) is 5. The first-order valence-corrected chi connectivity index (χ1v) is 21.1. The predicted molar refractivity (Wildman–Crippen MR) is 244 cm³/mol. The van der Waals surface area contributed by atoms with Gasteiger partial charge in [-0.1, -0.05) is 15.9 Å². The van der Waals surface area contributed by atoms with Gasteiger partial charge >= 0.3 is 0 Å². The average molecular weight is 902 g/mol. The van der Waals surface area contributed by atoms with Crippen molar-refractivity contribution in [1.29, 1.82) is 0 Å². The van der Waals surface area contributed by atoms with Gasteiger partial charge in [0, 0.05) is 111 Å². The molecule has 324 valence electrons. The number of nitrogens with one attached hydrogen (secondary N) is 3. The van der Waals surface area contributed by atoms with Crippen LogP contribution < -0.4 is 45.2 Å². The van der Waals surface area contributed by atoms with Crippen molar-refractivity contribution in [2.45, 2.75) is 0 Å². The number of aromatic nitrogens is 4. The fourth-order valence-electron chi connectivity index (χ4n) is 7.21. The summed E-state index contributed by atoms with van der Waals surface area (Å²) in [6.07, 6.45) is 0. The topological polar surface area (TPSA) is 191 Å². The van der Waals surface area contributed by atoms with Crippen LogP contribution in [0.1, 0.15) is 0 Å². The quantitative estimate of drug-likeness (QED) is 0.117. The first-order valence-electron chi connectivity index (χ1n) is 20.0. The van der Waals surface area contributed by atoms with Crippen molar-refractivity contribution in [3.63, 3.8) is 0 Å². The van der Waals surface area contributed by atoms with Gasteiger partial charge in [-0.05, 0) is 48.5 Å². The molecule has 17 heteroatoms. The van der Waals surface area contributed by atoms with E-state index in [1.807, 2.05) is 36.4 Å². The molecule has 0 spiro atoms. The van der Waals surface area contributed by atoms with E-state index in [9.17, 15) is 9.59 Å². The zero-order chi connectivity index (χ0) is 43.3. The third-order valence-electron chi connectivity index (χ3n) is 10.4. The molecule has 2 saturated heterocycles. The Morgan fingerprint density at radius 1 is 0.607 bits per heavy atom. The number of halogens is 1. The summed E-state index contributed by atoms with van der Waals surface area (Å²) in [6.45, 7) is 8.84. The van der Waals surface area contributed by atoms with Gasteiger partial charge in [-0.3, -0.25) is 14.5 Å². The Balaban J connectivity index is 0.000000189. The summed E-state index contributed by atoms with van der Waals surface area (Å²) in [5.74, 6) is 3.08. The number of benzene rings is 4. The number of alkyl halides is 1. The number of H-pyrrole nitrogens is 2. The molecule has 2 aromatic heterocycles. The van der Waals surface area contributed by atoms with E-state index in [0.29, 0.717) is 61.8 Å². The van der Waals surface area contributed by atoms with Gasteiger partial charge in [0.1, 0.15) is 45.4 Å². The second-order valence-corrected chi connectivity index (χ2v) is 14.9. The van der Waals surface area contributed by atoms with E-state index in [-0.39, 0.29) is 24.3 Å². The van der Waals surface area contributed by atoms with E-state index in [1.165, 1.54) is 19.9 Å². The zero-order valence-electron chi connectivity index (χ0n) is 34.9. The molecule has 2 aliphatic heterocycles. The number of anilines is 2. The van der Waals surface area contributed by atoms with Crippen LogP contribution in [0.4, 0.5) is 11.4 Å². The maximum Gasteiger partial charge on any atom is 0.262 e. The van der Waals surface area contributed by atoms with Gasteiger partial charge in [0.15, 0.2) is 0 Å². The highest BCUT2D eigenvalue weighted by molar-refractivity contribution is 9.09. The van der Waals surface area contributed by atoms with Crippen LogP contribution in [0.2, 0.25) is 0 Å². The van der Waals surface area contributed by atoms with Gasteiger partial charge in [-0.2, -0.15) is 0 Å². The second kappa shape index (κ2) is 21.7. The summed E-state index contributed by atoms with van der Waals surface area (Å²) in [4.78, 5) is 47.3. The molecule has 0 atom stereocenters. The Morgan fingerprint density at radius 3 is 1.41 bits per heavy atom. The number of aliphatic hydroxyl groups excluding tert-OH is 2. The van der Waals surface area contributed by atoms with Crippen molar-refractivity contribution in [3.8, 4) is 45.8 Å². The Hall–Kier alpha value is -5.72. The molecule has 8 rings (SSSR count). The minimum Gasteiger partial charge on any atom is -0.497 e. The van der Waals surface area contributed by atoms with Crippen LogP contribution in [0.15, 0.2) is 82.4 Å². The smallest absolute Gasteiger partial charge is 0.262 e. The van der Waals surface area contributed by atoms with Crippen molar-refractivity contribution in [1.82, 2.24) is 30.2 Å². The normalized spacial score (nSPS) is 14.1. The van der Waals surface area contributed by atoms with Crippen LogP contribution in [0.5, 0.6) is 23.0 Å². The highest BCUT2D eigenvalue weighted by Gasteiger charge is 2.18. The summed E-state index contributed by atoms with van der Waals surface area (Å²) >= 11 is 3.00. The van der Waals surface area contributed by atoms with Gasteiger partial charge in [0.25, 0.3) is 11.1 Å². The molecule has 0 bridgehead atoms. The van der Waals surface area contributed by atoms with Gasteiger partial charge in [0.2, 0.25) is 0 Å². The minimum absolute atomic E-state index is 0.198. The Labute approximate surface area is 362 Å². The molecular formula is C44H53BrN8O8. The van der Waals surface area contributed by atoms with Crippen LogP contribution >= 0.6 is 15.9 Å². The van der Waals surface area contributed by atoms with Crippen molar-refractivity contribution in [2.75, 3.05) is 116 Å². The van der Waals surface area contributed by atoms with Gasteiger partial charge < -0.3 is 54.2 Å². The highest BCUT2D eigenvalue weighted by atomic mass is 79.9. The number of piperazine rings is 2. The van der Waals surface area contributed by atoms with Gasteiger partial charge in [-0.25, -0.2) is 9.97 Å². The maximum absolute atomic E-state index is 12.7. The number of rotatable bonds is 11. The Kier molecular flexibility index (Phi) is 15.9. The fourth-order valence-corrected chi connectivity index (χ4v) is 7.21. The third-order valence-corrected chi connectivity index (χ3v) is 10.8. The molecule has 0 saturated carbocycles. The molecule has 0 radical (unpaired) electrons. The predicted octanol–water partition coefficient (Wildman–Crippen LogP) is 4.11. The van der Waals surface area contributed by atoms with Crippen LogP contribution in [0.3, 0.4) is 0 Å². The van der Waals surface area contributed by atoms with Crippen LogP contribution in [-0.4, -0.2) is 141 Å². The number of ether oxygens (including phenoxy) is 4. The summed E-state index contributed by atoms with van der Waals surface area (Å²) in [7, 11) is 6.18. The minimum atomic E-state index is -0.251. The van der Waals surface area contributed by atoms with Crippen molar-refractivity contribution in [3.05, 3.63) is 93.5 Å². The monoisotopic (exact) mass is 900 g/mol. The molecule has 16 nitrogen and oxygen atoms in total. The Bertz CT molecular complexity index is 2470. The molecule has 4 heterocycles. The average Bonchev–Trinajstić information content (AvgIpc) is 3.31. The molecule has 4 aromatic carbocycles. The van der Waals surface area contributed by atoms with Gasteiger partial charge in [0.05, 0.1) is 52.7 Å². The molecule has 61 heavy (non-hydrogen) atoms. The van der Waals surface area contributed by atoms with E-state index in [0.717, 1.165) is 75.7 Å². The summed E-state index contributed by atoms with van der Waals surface area (Å²) < 4.78 is 21.3. The van der Waals surface area contributed by atoms with Crippen LogP contribution in [0, 0.1) is 0 Å². The summed E-state index contributed by atoms with van der Waals surface area (Å²) in [6, 6.07) is 23.0. The first-order chi connectivity index (χ1) is 29.7. The number of hydrogen-bond acceptors (Lipinski definition) is 14. The molecule has 0 unspecified atom stereocenters. The number of aromatic amines is 2. The standard InChI is InChI=1S/C22H26N4O4.C20H22N4O3.C2H5BrO/c1-29-17-13-18-20(19(14-17)30-2)22(28)24-21(23-18)15-3-5-16(6-4-15)26-9-7-25(8-10-26)11-12-27;1-26-15-11-16-18(17(12-15)27-2)20(25)23-19(22-16)13-3-5-14(6-4-13)24-9-7-21-8-10-24;3-1-2-4/h3-6,13-14,27H,7-12H2,1-2H3,(H,23,24,28);3-6,11-12,21H,7-10H2,1-2H3,(H,22,23,25);4H,1-2H2. The highest BCUT2D eigenvalue weighted by Crippen LogP contribution is 2.31. The lowest BCUT2D eigenvalue weighted by Crippen LogP contribution is -2.47. The molecule has 5 N–H and O–H groups in total. The second-order valence-electron chi connectivity index (χ2n) is 14.1. The Morgan fingerprint density at radius 2 is 1.03 bits per heavy atom. The van der Waals surface area contributed by atoms with E-state index in [4.69, 9.17) is 29.2 Å². The van der Waals surface area contributed by atoms with Crippen molar-refractivity contribution < 1.29 is 29.2 Å². The number of fused-ring (bicyclic) bond motifs is 2. The number of aliphatic hydroxyl groups is 2. The lowest BCUT2D eigenvalue weighted by molar-refractivity contribution is 0.189. The number of nitrogens with zero attached hydrogens (tertiary/aromatic N) is 5. The molecule has 6 aromatic rings. The summed E-state index contributed by atoms with van der Waals surface area (Å²) in [5, 5.41) is 21.8. The third kappa shape index (κ3) is 11.0. The first kappa shape index (κ1) is 44.8. The number of methoxy groups -OCH3 is 4. The van der Waals surface area contributed by atoms with Crippen molar-refractivity contribution in [2.24, 2.45) is 0 Å². The maximum atomic E-state index is 12.7. The van der Waals surface area contributed by atoms with Crippen LogP contribution in [0.25, 0.3) is 44.6 Å². The largest absolute Gasteiger partial charge is 0.497 e. The van der Waals surface area contributed by atoms with Gasteiger partial charge in [-0.15, -0.1) is 0 Å². The SMILES string of the molecule is COc1cc(OC)c2c(=O)[nH]c(-c3ccc(N4CCN(CCO)CC4)cc3)nc2c1.COc1cc(OC)c2c(=O)[nH]c(-c3ccc(N4CCNCC4)cc3)nc2c1.OCCBr. The van der Waals surface area contributed by atoms with Crippen LogP contribution in [-0.2, 0) is 0 Å². The number of β-amino-alcohol motifs (C(OH)–C–C–N with tert-alkyl or cyclic N) is 1. The van der Waals surface area contributed by atoms with E-state index < -0.39 is 0 Å².